The van der Waals surface area contributed by atoms with Gasteiger partial charge >= 0.3 is 5.97 Å². The van der Waals surface area contributed by atoms with Crippen LogP contribution < -0.4 is 5.32 Å². The standard InChI is InChI=1S/C73H125NO10/c1-4-7-10-13-16-19-22-25-27-29-31-33-34-35-37-39-41-43-46-49-52-55-58-61-68(78)84-71-70(80)69(79)67(62-75)83-73(71)82-63-64(65(76)59-56-53-50-47-44-24-21-18-15-12-9-6-3)74-72(81)66(77)60-57-54-51-48-45-42-40-38-36-32-30-28-26-23-20-17-14-11-8-5-2/h7,10,16-17,19-20,25-28,31-33,35-37,56,59,64-67,69-71,73,75-77,79-80H,4-6,8-9,11-15,18,21-24,29-30,34,38-55,57-58,60-63H2,1-3H3,(H,74,81)/b10-7-,19-16-,20-17-,27-25-,28-26-,33-31-,36-32-,37-35-,59-56+. The van der Waals surface area contributed by atoms with Crippen molar-refractivity contribution in [2.75, 3.05) is 13.2 Å². The lowest BCUT2D eigenvalue weighted by atomic mass is 9.99. The Morgan fingerprint density at radius 2 is 0.857 bits per heavy atom. The minimum absolute atomic E-state index is 0.104. The zero-order valence-electron chi connectivity index (χ0n) is 53.5. The molecule has 6 N–H and O–H groups in total. The van der Waals surface area contributed by atoms with Gasteiger partial charge in [-0.15, -0.1) is 0 Å². The Hall–Kier alpha value is -3.68. The van der Waals surface area contributed by atoms with Gasteiger partial charge in [0.2, 0.25) is 5.91 Å². The molecule has 0 aromatic rings. The number of nitrogens with one attached hydrogen (secondary N) is 1. The Labute approximate surface area is 513 Å². The molecule has 0 aliphatic carbocycles. The van der Waals surface area contributed by atoms with Crippen LogP contribution in [0, 0.1) is 0 Å². The van der Waals surface area contributed by atoms with Crippen LogP contribution in [-0.2, 0) is 23.8 Å². The van der Waals surface area contributed by atoms with Crippen LogP contribution in [0.5, 0.6) is 0 Å². The molecular formula is C73H125NO10. The van der Waals surface area contributed by atoms with E-state index in [1.54, 1.807) is 6.08 Å². The molecule has 1 saturated heterocycles. The zero-order valence-corrected chi connectivity index (χ0v) is 53.5. The Balaban J connectivity index is 2.63. The molecule has 1 aliphatic rings. The molecule has 0 saturated carbocycles. The quantitative estimate of drug-likeness (QED) is 0.0195. The average molecular weight is 1180 g/mol. The molecule has 0 aromatic carbocycles. The number of rotatable bonds is 57. The van der Waals surface area contributed by atoms with Crippen LogP contribution in [0.4, 0.5) is 0 Å². The average Bonchev–Trinajstić information content (AvgIpc) is 3.65. The predicted molar refractivity (Wildman–Crippen MR) is 351 cm³/mol. The summed E-state index contributed by atoms with van der Waals surface area (Å²) in [6, 6.07) is -1.04. The minimum atomic E-state index is -1.63. The first kappa shape index (κ1) is 78.3. The molecule has 8 atom stereocenters. The van der Waals surface area contributed by atoms with Gasteiger partial charge in [-0.2, -0.15) is 0 Å². The van der Waals surface area contributed by atoms with Crippen LogP contribution in [0.2, 0.25) is 0 Å². The third kappa shape index (κ3) is 46.5. The fourth-order valence-corrected chi connectivity index (χ4v) is 10.0. The number of carbonyl (C=O) groups excluding carboxylic acids is 2. The van der Waals surface area contributed by atoms with Crippen molar-refractivity contribution >= 4 is 11.9 Å². The SMILES string of the molecule is CC/C=C\C/C=C\C/C=C\C/C=C\C/C=C\CCCCCCCCCC(=O)OC1C(OCC(NC(=O)C(O)CCCCCCCCC/C=C\C/C=C\C/C=C\CCCCC)C(O)/C=C/CCCCCCCCCCCC)OC(CO)C(O)C1O. The van der Waals surface area contributed by atoms with Gasteiger partial charge < -0.3 is 45.1 Å². The van der Waals surface area contributed by atoms with E-state index in [2.05, 4.69) is 123 Å². The zero-order chi connectivity index (χ0) is 61.0. The Bertz CT molecular complexity index is 1780. The first-order valence-corrected chi connectivity index (χ1v) is 34.2. The molecular weight excluding hydrogens is 1050 g/mol. The number of unbranched alkanes of at least 4 members (excludes halogenated alkanes) is 27. The number of hydrogen-bond acceptors (Lipinski definition) is 10. The van der Waals surface area contributed by atoms with Gasteiger partial charge in [0, 0.05) is 6.42 Å². The molecule has 482 valence electrons. The van der Waals surface area contributed by atoms with Gasteiger partial charge in [-0.25, -0.2) is 0 Å². The summed E-state index contributed by atoms with van der Waals surface area (Å²) in [5.41, 5.74) is 0. The van der Waals surface area contributed by atoms with E-state index in [0.29, 0.717) is 12.8 Å². The number of hydrogen-bond donors (Lipinski definition) is 6. The Morgan fingerprint density at radius 3 is 1.31 bits per heavy atom. The maximum atomic E-state index is 13.5. The molecule has 1 rings (SSSR count). The van der Waals surface area contributed by atoms with Crippen LogP contribution in [0.25, 0.3) is 0 Å². The summed E-state index contributed by atoms with van der Waals surface area (Å²) in [6.45, 7) is 5.65. The fraction of sp³-hybridized carbons (Fsp3) is 0.726. The second kappa shape index (κ2) is 59.6. The van der Waals surface area contributed by atoms with E-state index in [9.17, 15) is 35.1 Å². The van der Waals surface area contributed by atoms with Crippen molar-refractivity contribution in [1.29, 1.82) is 0 Å². The molecule has 0 radical (unpaired) electrons. The lowest BCUT2D eigenvalue weighted by molar-refractivity contribution is -0.305. The summed E-state index contributed by atoms with van der Waals surface area (Å²) in [4.78, 5) is 26.7. The summed E-state index contributed by atoms with van der Waals surface area (Å²) < 4.78 is 17.7. The second-order valence-electron chi connectivity index (χ2n) is 23.2. The van der Waals surface area contributed by atoms with E-state index < -0.39 is 67.4 Å². The van der Waals surface area contributed by atoms with Gasteiger partial charge in [-0.05, 0) is 109 Å². The normalized spacial score (nSPS) is 19.2. The number of allylic oxidation sites excluding steroid dienone is 17. The molecule has 11 nitrogen and oxygen atoms in total. The summed E-state index contributed by atoms with van der Waals surface area (Å²) in [5, 5.41) is 57.2. The van der Waals surface area contributed by atoms with E-state index >= 15 is 0 Å². The molecule has 84 heavy (non-hydrogen) atoms. The number of aliphatic hydroxyl groups excluding tert-OH is 5. The smallest absolute Gasteiger partial charge is 0.306 e. The molecule has 1 amide bonds. The maximum Gasteiger partial charge on any atom is 0.306 e. The highest BCUT2D eigenvalue weighted by atomic mass is 16.7. The molecule has 1 heterocycles. The number of amides is 1. The molecule has 0 bridgehead atoms. The molecule has 0 spiro atoms. The summed E-state index contributed by atoms with van der Waals surface area (Å²) in [6.07, 6.45) is 71.1. The van der Waals surface area contributed by atoms with Crippen LogP contribution in [0.15, 0.2) is 109 Å². The highest BCUT2D eigenvalue weighted by Crippen LogP contribution is 2.26. The van der Waals surface area contributed by atoms with Crippen LogP contribution in [0.3, 0.4) is 0 Å². The van der Waals surface area contributed by atoms with Gasteiger partial charge in [-0.3, -0.25) is 9.59 Å². The molecule has 11 heteroatoms. The van der Waals surface area contributed by atoms with Crippen molar-refractivity contribution in [2.24, 2.45) is 0 Å². The van der Waals surface area contributed by atoms with E-state index in [1.807, 2.05) is 6.08 Å². The summed E-state index contributed by atoms with van der Waals surface area (Å²) in [7, 11) is 0. The first-order chi connectivity index (χ1) is 41.2. The van der Waals surface area contributed by atoms with Crippen molar-refractivity contribution in [3.63, 3.8) is 0 Å². The van der Waals surface area contributed by atoms with Crippen molar-refractivity contribution < 1.29 is 49.3 Å². The predicted octanol–water partition coefficient (Wildman–Crippen LogP) is 17.2. The molecule has 0 aromatic heterocycles. The van der Waals surface area contributed by atoms with E-state index in [1.165, 1.54) is 89.9 Å². The van der Waals surface area contributed by atoms with Gasteiger partial charge in [-0.1, -0.05) is 271 Å². The number of esters is 1. The van der Waals surface area contributed by atoms with Gasteiger partial charge in [0.15, 0.2) is 12.4 Å². The third-order valence-corrected chi connectivity index (χ3v) is 15.4. The van der Waals surface area contributed by atoms with E-state index in [0.717, 1.165) is 141 Å². The number of carbonyl (C=O) groups is 2. The molecule has 8 unspecified atom stereocenters. The third-order valence-electron chi connectivity index (χ3n) is 15.4. The van der Waals surface area contributed by atoms with Gasteiger partial charge in [0.05, 0.1) is 25.4 Å². The highest BCUT2D eigenvalue weighted by Gasteiger charge is 2.47. The summed E-state index contributed by atoms with van der Waals surface area (Å²) in [5.74, 6) is -1.22. The topological polar surface area (TPSA) is 175 Å². The van der Waals surface area contributed by atoms with Gasteiger partial charge in [0.1, 0.15) is 24.4 Å². The lowest BCUT2D eigenvalue weighted by Crippen LogP contribution is -2.61. The summed E-state index contributed by atoms with van der Waals surface area (Å²) >= 11 is 0. The largest absolute Gasteiger partial charge is 0.454 e. The van der Waals surface area contributed by atoms with Crippen molar-refractivity contribution in [1.82, 2.24) is 5.32 Å². The number of ether oxygens (including phenoxy) is 3. The second-order valence-corrected chi connectivity index (χ2v) is 23.2. The monoisotopic (exact) mass is 1180 g/mol. The van der Waals surface area contributed by atoms with Gasteiger partial charge in [0.25, 0.3) is 0 Å². The first-order valence-electron chi connectivity index (χ1n) is 34.2. The molecule has 1 aliphatic heterocycles. The van der Waals surface area contributed by atoms with Crippen molar-refractivity contribution in [2.45, 2.75) is 327 Å². The Kier molecular flexibility index (Phi) is 55.6. The Morgan fingerprint density at radius 1 is 0.476 bits per heavy atom. The van der Waals surface area contributed by atoms with Crippen molar-refractivity contribution in [3.8, 4) is 0 Å². The minimum Gasteiger partial charge on any atom is -0.454 e. The van der Waals surface area contributed by atoms with E-state index in [4.69, 9.17) is 14.2 Å². The van der Waals surface area contributed by atoms with Crippen LogP contribution in [0.1, 0.15) is 278 Å². The number of aliphatic hydroxyl groups is 5. The molecule has 1 fully saturated rings. The van der Waals surface area contributed by atoms with Crippen LogP contribution >= 0.6 is 0 Å². The lowest BCUT2D eigenvalue weighted by Gasteiger charge is -2.41. The van der Waals surface area contributed by atoms with E-state index in [-0.39, 0.29) is 19.4 Å². The fourth-order valence-electron chi connectivity index (χ4n) is 10.0. The highest BCUT2D eigenvalue weighted by molar-refractivity contribution is 5.80. The van der Waals surface area contributed by atoms with Crippen molar-refractivity contribution in [3.05, 3.63) is 109 Å². The maximum absolute atomic E-state index is 13.5. The van der Waals surface area contributed by atoms with Crippen LogP contribution in [-0.4, -0.2) is 99.6 Å².